The van der Waals surface area contributed by atoms with Gasteiger partial charge in [-0.25, -0.2) is 0 Å². The highest BCUT2D eigenvalue weighted by atomic mass is 16.5. The molecule has 0 aromatic carbocycles. The molecule has 20 heavy (non-hydrogen) atoms. The molecule has 0 saturated carbocycles. The highest BCUT2D eigenvalue weighted by Gasteiger charge is 2.28. The van der Waals surface area contributed by atoms with E-state index < -0.39 is 0 Å². The largest absolute Gasteiger partial charge is 0.378 e. The van der Waals surface area contributed by atoms with Gasteiger partial charge in [-0.15, -0.1) is 0 Å². The van der Waals surface area contributed by atoms with Gasteiger partial charge in [0.15, 0.2) is 0 Å². The first kappa shape index (κ1) is 15.0. The summed E-state index contributed by atoms with van der Waals surface area (Å²) in [5, 5.41) is 3.12. The molecule has 1 amide bonds. The zero-order valence-electron chi connectivity index (χ0n) is 12.3. The number of amides is 1. The van der Waals surface area contributed by atoms with Crippen molar-refractivity contribution in [3.05, 3.63) is 30.1 Å². The number of rotatable bonds is 5. The lowest BCUT2D eigenvalue weighted by atomic mass is 9.89. The molecule has 1 aromatic rings. The molecule has 2 heterocycles. The fraction of sp³-hybridized carbons (Fsp3) is 0.625. The van der Waals surface area contributed by atoms with Crippen LogP contribution in [0.5, 0.6) is 0 Å². The van der Waals surface area contributed by atoms with Crippen molar-refractivity contribution in [1.29, 1.82) is 0 Å². The van der Waals surface area contributed by atoms with Gasteiger partial charge in [0.05, 0.1) is 6.10 Å². The van der Waals surface area contributed by atoms with Crippen molar-refractivity contribution in [2.45, 2.75) is 51.7 Å². The van der Waals surface area contributed by atoms with E-state index >= 15 is 0 Å². The molecular weight excluding hydrogens is 252 g/mol. The van der Waals surface area contributed by atoms with Crippen LogP contribution in [0.2, 0.25) is 0 Å². The first-order valence-corrected chi connectivity index (χ1v) is 7.57. The smallest absolute Gasteiger partial charge is 0.251 e. The Hall–Kier alpha value is -1.42. The van der Waals surface area contributed by atoms with Crippen molar-refractivity contribution in [3.63, 3.8) is 0 Å². The number of nitrogens with one attached hydrogen (secondary N) is 1. The fourth-order valence-corrected chi connectivity index (χ4v) is 2.87. The number of nitrogens with zero attached hydrogens (tertiary/aromatic N) is 1. The summed E-state index contributed by atoms with van der Waals surface area (Å²) >= 11 is 0. The monoisotopic (exact) mass is 276 g/mol. The number of carbonyl (C=O) groups excluding carboxylic acids is 1. The van der Waals surface area contributed by atoms with E-state index in [-0.39, 0.29) is 18.1 Å². The molecule has 1 aromatic heterocycles. The lowest BCUT2D eigenvalue weighted by Gasteiger charge is -2.34. The Balaban J connectivity index is 1.91. The van der Waals surface area contributed by atoms with Gasteiger partial charge in [-0.05, 0) is 30.9 Å². The molecule has 1 saturated heterocycles. The van der Waals surface area contributed by atoms with Crippen LogP contribution in [0.25, 0.3) is 0 Å². The van der Waals surface area contributed by atoms with Crippen molar-refractivity contribution in [2.75, 3.05) is 6.61 Å². The predicted octanol–water partition coefficient (Wildman–Crippen LogP) is 2.80. The maximum absolute atomic E-state index is 12.1. The van der Waals surface area contributed by atoms with E-state index in [2.05, 4.69) is 24.1 Å². The quantitative estimate of drug-likeness (QED) is 0.899. The molecule has 1 fully saturated rings. The average Bonchev–Trinajstić information content (AvgIpc) is 2.50. The van der Waals surface area contributed by atoms with Crippen molar-refractivity contribution < 1.29 is 9.53 Å². The molecular formula is C16H24N2O2. The number of carbonyl (C=O) groups is 1. The van der Waals surface area contributed by atoms with E-state index in [4.69, 9.17) is 4.74 Å². The van der Waals surface area contributed by atoms with Gasteiger partial charge in [-0.1, -0.05) is 26.7 Å². The summed E-state index contributed by atoms with van der Waals surface area (Å²) in [6.07, 6.45) is 7.65. The Bertz CT molecular complexity index is 418. The van der Waals surface area contributed by atoms with Gasteiger partial charge < -0.3 is 10.1 Å². The topological polar surface area (TPSA) is 51.2 Å². The second-order valence-corrected chi connectivity index (χ2v) is 5.42. The van der Waals surface area contributed by atoms with E-state index in [0.29, 0.717) is 11.5 Å². The Morgan fingerprint density at radius 2 is 2.10 bits per heavy atom. The van der Waals surface area contributed by atoms with Crippen LogP contribution in [0, 0.1) is 5.92 Å². The Morgan fingerprint density at radius 3 is 2.75 bits per heavy atom. The third kappa shape index (κ3) is 3.79. The number of hydrogen-bond donors (Lipinski definition) is 1. The van der Waals surface area contributed by atoms with Gasteiger partial charge in [-0.2, -0.15) is 0 Å². The van der Waals surface area contributed by atoms with Gasteiger partial charge in [0.25, 0.3) is 5.91 Å². The van der Waals surface area contributed by atoms with Crippen LogP contribution in [0.4, 0.5) is 0 Å². The maximum atomic E-state index is 12.1. The molecule has 4 nitrogen and oxygen atoms in total. The first-order valence-electron chi connectivity index (χ1n) is 7.57. The van der Waals surface area contributed by atoms with Crippen LogP contribution in [0.3, 0.4) is 0 Å². The third-order valence-corrected chi connectivity index (χ3v) is 4.17. The molecule has 0 bridgehead atoms. The minimum atomic E-state index is -0.0115. The maximum Gasteiger partial charge on any atom is 0.251 e. The van der Waals surface area contributed by atoms with Crippen LogP contribution >= 0.6 is 0 Å². The molecule has 1 aliphatic rings. The number of aromatic nitrogens is 1. The van der Waals surface area contributed by atoms with Crippen molar-refractivity contribution in [3.8, 4) is 0 Å². The molecule has 0 spiro atoms. The standard InChI is InChI=1S/C16H24N2O2/c1-3-12(4-2)15-11-14(7-10-20-15)18-16(19)13-5-8-17-9-6-13/h5-6,8-9,12,14-15H,3-4,7,10-11H2,1-2H3,(H,18,19)/t14-,15-/m0/s1. The van der Waals surface area contributed by atoms with Gasteiger partial charge in [0.1, 0.15) is 0 Å². The van der Waals surface area contributed by atoms with Crippen molar-refractivity contribution >= 4 is 5.91 Å². The van der Waals surface area contributed by atoms with Crippen LogP contribution in [-0.2, 0) is 4.74 Å². The van der Waals surface area contributed by atoms with Crippen molar-refractivity contribution in [2.24, 2.45) is 5.92 Å². The summed E-state index contributed by atoms with van der Waals surface area (Å²) in [5.74, 6) is 0.582. The van der Waals surface area contributed by atoms with E-state index in [1.54, 1.807) is 24.5 Å². The number of hydrogen-bond acceptors (Lipinski definition) is 3. The molecule has 1 N–H and O–H groups in total. The molecule has 2 atom stereocenters. The predicted molar refractivity (Wildman–Crippen MR) is 78.5 cm³/mol. The summed E-state index contributed by atoms with van der Waals surface area (Å²) in [7, 11) is 0. The first-order chi connectivity index (χ1) is 9.74. The number of ether oxygens (including phenoxy) is 1. The van der Waals surface area contributed by atoms with Crippen LogP contribution in [0.15, 0.2) is 24.5 Å². The Morgan fingerprint density at radius 1 is 1.40 bits per heavy atom. The zero-order valence-corrected chi connectivity index (χ0v) is 12.3. The third-order valence-electron chi connectivity index (χ3n) is 4.17. The van der Waals surface area contributed by atoms with E-state index in [1.807, 2.05) is 0 Å². The summed E-state index contributed by atoms with van der Waals surface area (Å²) < 4.78 is 5.88. The van der Waals surface area contributed by atoms with Crippen molar-refractivity contribution in [1.82, 2.24) is 10.3 Å². The second kappa shape index (κ2) is 7.39. The minimum Gasteiger partial charge on any atom is -0.378 e. The number of pyridine rings is 1. The summed E-state index contributed by atoms with van der Waals surface area (Å²) in [4.78, 5) is 16.1. The molecule has 0 aliphatic carbocycles. The van der Waals surface area contributed by atoms with Gasteiger partial charge >= 0.3 is 0 Å². The van der Waals surface area contributed by atoms with Gasteiger partial charge in [0, 0.05) is 30.6 Å². The van der Waals surface area contributed by atoms with Crippen LogP contribution < -0.4 is 5.32 Å². The molecule has 0 radical (unpaired) electrons. The van der Waals surface area contributed by atoms with Crippen LogP contribution in [-0.4, -0.2) is 29.6 Å². The molecule has 4 heteroatoms. The van der Waals surface area contributed by atoms with Crippen LogP contribution in [0.1, 0.15) is 49.9 Å². The Kier molecular flexibility index (Phi) is 5.53. The lowest BCUT2D eigenvalue weighted by molar-refractivity contribution is -0.0337. The molecule has 110 valence electrons. The molecule has 2 rings (SSSR count). The fourth-order valence-electron chi connectivity index (χ4n) is 2.87. The zero-order chi connectivity index (χ0) is 14.4. The summed E-state index contributed by atoms with van der Waals surface area (Å²) in [6.45, 7) is 5.15. The minimum absolute atomic E-state index is 0.0115. The van der Waals surface area contributed by atoms with Gasteiger partial charge in [-0.3, -0.25) is 9.78 Å². The second-order valence-electron chi connectivity index (χ2n) is 5.42. The SMILES string of the molecule is CCC(CC)[C@@H]1C[C@@H](NC(=O)c2ccncc2)CCO1. The van der Waals surface area contributed by atoms with E-state index in [9.17, 15) is 4.79 Å². The Labute approximate surface area is 120 Å². The van der Waals surface area contributed by atoms with Gasteiger partial charge in [0.2, 0.25) is 0 Å². The average molecular weight is 276 g/mol. The molecule has 0 unspecified atom stereocenters. The highest BCUT2D eigenvalue weighted by molar-refractivity contribution is 5.94. The normalized spacial score (nSPS) is 22.8. The molecule has 1 aliphatic heterocycles. The van der Waals surface area contributed by atoms with E-state index in [0.717, 1.165) is 32.3 Å². The van der Waals surface area contributed by atoms with E-state index in [1.165, 1.54) is 0 Å². The summed E-state index contributed by atoms with van der Waals surface area (Å²) in [5.41, 5.74) is 0.672. The summed E-state index contributed by atoms with van der Waals surface area (Å²) in [6, 6.07) is 3.70. The highest BCUT2D eigenvalue weighted by Crippen LogP contribution is 2.25. The lowest BCUT2D eigenvalue weighted by Crippen LogP contribution is -2.44.